The lowest BCUT2D eigenvalue weighted by Crippen LogP contribution is -2.43. The van der Waals surface area contributed by atoms with Gasteiger partial charge in [0.15, 0.2) is 12.2 Å². The van der Waals surface area contributed by atoms with Gasteiger partial charge in [0.2, 0.25) is 0 Å². The number of carbonyl (C=O) groups is 3. The zero-order valence-corrected chi connectivity index (χ0v) is 29.7. The van der Waals surface area contributed by atoms with E-state index in [9.17, 15) is 32.3 Å². The zero-order chi connectivity index (χ0) is 37.4. The molecule has 0 saturated heterocycles. The molecule has 2 heterocycles. The van der Waals surface area contributed by atoms with E-state index in [1.54, 1.807) is 12.1 Å². The quantitative estimate of drug-likeness (QED) is 0.191. The van der Waals surface area contributed by atoms with Crippen molar-refractivity contribution in [2.75, 3.05) is 13.2 Å². The smallest absolute Gasteiger partial charge is 0.422 e. The topological polar surface area (TPSA) is 138 Å². The van der Waals surface area contributed by atoms with Gasteiger partial charge in [-0.1, -0.05) is 17.7 Å². The Kier molecular flexibility index (Phi) is 10.6. The fourth-order valence-electron chi connectivity index (χ4n) is 5.38. The number of aromatic nitrogens is 2. The number of nitrogens with two attached hydrogens (primary N) is 1. The van der Waals surface area contributed by atoms with Gasteiger partial charge in [0, 0.05) is 34.8 Å². The fourth-order valence-corrected chi connectivity index (χ4v) is 5.81. The lowest BCUT2D eigenvalue weighted by molar-refractivity contribution is -0.153. The molecule has 0 aliphatic carbocycles. The molecule has 0 bridgehead atoms. The molecule has 11 nitrogen and oxygen atoms in total. The zero-order valence-electron chi connectivity index (χ0n) is 27.3. The third kappa shape index (κ3) is 8.22. The third-order valence-corrected chi connectivity index (χ3v) is 9.33. The first-order valence-electron chi connectivity index (χ1n) is 15.3. The predicted molar refractivity (Wildman–Crippen MR) is 182 cm³/mol. The van der Waals surface area contributed by atoms with Gasteiger partial charge in [-0.25, -0.2) is 9.18 Å². The highest BCUT2D eigenvalue weighted by molar-refractivity contribution is 9.10. The van der Waals surface area contributed by atoms with Crippen molar-refractivity contribution in [2.45, 2.75) is 51.7 Å². The van der Waals surface area contributed by atoms with E-state index in [0.717, 1.165) is 10.6 Å². The number of imidazole rings is 1. The second-order valence-electron chi connectivity index (χ2n) is 12.2. The Bertz CT molecular complexity index is 2070. The lowest BCUT2D eigenvalue weighted by atomic mass is 10.1. The maximum atomic E-state index is 15.3. The number of amides is 3. The van der Waals surface area contributed by atoms with E-state index in [1.165, 1.54) is 72.7 Å². The summed E-state index contributed by atoms with van der Waals surface area (Å²) in [6, 6.07) is 12.6. The number of ether oxygens (including phenoxy) is 2. The van der Waals surface area contributed by atoms with Crippen molar-refractivity contribution < 1.29 is 41.4 Å². The molecule has 4 aromatic rings. The molecule has 1 unspecified atom stereocenters. The molecule has 0 saturated carbocycles. The Morgan fingerprint density at radius 2 is 1.69 bits per heavy atom. The molecule has 3 N–H and O–H groups in total. The molecule has 3 amide bonds. The molecule has 5 rings (SSSR count). The second kappa shape index (κ2) is 14.4. The first-order valence-corrected chi connectivity index (χ1v) is 16.5. The molecular formula is C34H31BrClF4N5O6. The molecule has 1 aromatic heterocycles. The number of fused-ring (bicyclic) bond motifs is 1. The first kappa shape index (κ1) is 37.4. The first-order chi connectivity index (χ1) is 23.9. The van der Waals surface area contributed by atoms with Gasteiger partial charge in [0.25, 0.3) is 17.7 Å². The highest BCUT2D eigenvalue weighted by Gasteiger charge is 2.34. The van der Waals surface area contributed by atoms with Crippen molar-refractivity contribution in [2.24, 2.45) is 5.73 Å². The van der Waals surface area contributed by atoms with Crippen molar-refractivity contribution in [3.63, 3.8) is 0 Å². The summed E-state index contributed by atoms with van der Waals surface area (Å²) in [5.74, 6) is -2.85. The molecule has 51 heavy (non-hydrogen) atoms. The normalized spacial score (nSPS) is 13.7. The minimum Gasteiger partial charge on any atom is -0.484 e. The predicted octanol–water partition coefficient (Wildman–Crippen LogP) is 5.92. The van der Waals surface area contributed by atoms with E-state index in [-0.39, 0.29) is 59.3 Å². The second-order valence-corrected chi connectivity index (χ2v) is 13.4. The molecular weight excluding hydrogens is 766 g/mol. The van der Waals surface area contributed by atoms with Crippen molar-refractivity contribution in [3.05, 3.63) is 109 Å². The van der Waals surface area contributed by atoms with Crippen LogP contribution in [0.15, 0.2) is 69.9 Å². The number of alkyl halides is 3. The van der Waals surface area contributed by atoms with Gasteiger partial charge in [-0.15, -0.1) is 0 Å². The number of benzene rings is 3. The summed E-state index contributed by atoms with van der Waals surface area (Å²) in [4.78, 5) is 54.6. The van der Waals surface area contributed by atoms with Gasteiger partial charge in [-0.3, -0.25) is 23.5 Å². The number of carbonyl (C=O) groups excluding carboxylic acids is 3. The van der Waals surface area contributed by atoms with Crippen LogP contribution < -0.4 is 26.2 Å². The van der Waals surface area contributed by atoms with Crippen LogP contribution in [0, 0.1) is 5.82 Å². The molecule has 3 aromatic carbocycles. The van der Waals surface area contributed by atoms with E-state index in [0.29, 0.717) is 9.50 Å². The average molecular weight is 797 g/mol. The van der Waals surface area contributed by atoms with Gasteiger partial charge in [0.1, 0.15) is 23.0 Å². The molecule has 1 aliphatic heterocycles. The molecule has 0 spiro atoms. The van der Waals surface area contributed by atoms with E-state index in [1.807, 2.05) is 0 Å². The fraction of sp³-hybridized carbons (Fsp3) is 0.294. The van der Waals surface area contributed by atoms with Crippen LogP contribution >= 0.6 is 27.5 Å². The summed E-state index contributed by atoms with van der Waals surface area (Å²) in [5, 5.41) is 3.01. The van der Waals surface area contributed by atoms with Crippen molar-refractivity contribution >= 4 is 45.3 Å². The molecule has 0 fully saturated rings. The highest BCUT2D eigenvalue weighted by Crippen LogP contribution is 2.29. The van der Waals surface area contributed by atoms with Crippen LogP contribution in [0.1, 0.15) is 58.9 Å². The number of hydrogen-bond acceptors (Lipinski definition) is 6. The van der Waals surface area contributed by atoms with Crippen molar-refractivity contribution in [3.8, 4) is 17.2 Å². The molecule has 17 heteroatoms. The van der Waals surface area contributed by atoms with Crippen molar-refractivity contribution in [1.29, 1.82) is 0 Å². The molecule has 1 aliphatic rings. The van der Waals surface area contributed by atoms with Gasteiger partial charge < -0.3 is 25.4 Å². The Hall–Kier alpha value is -4.83. The van der Waals surface area contributed by atoms with Crippen LogP contribution in [0.5, 0.6) is 11.5 Å². The lowest BCUT2D eigenvalue weighted by Gasteiger charge is -2.28. The number of nitrogens with zero attached hydrogens (tertiary/aromatic N) is 3. The summed E-state index contributed by atoms with van der Waals surface area (Å²) in [7, 11) is 0. The molecule has 1 atom stereocenters. The van der Waals surface area contributed by atoms with Crippen molar-refractivity contribution in [1.82, 2.24) is 19.4 Å². The number of rotatable bonds is 10. The summed E-state index contributed by atoms with van der Waals surface area (Å²) in [6.45, 7) is 2.78. The standard InChI is InChI=1S/C34H31BrClF4N5O6/c1-18(23-10-9-22(15-26(23)37)51-33(2,3)31(41)48)42-29(46)28-27-16-43(30(47)19-4-11-24(35)25(36)14-19)12-13-44(27)32(49)45(28)20-5-7-21(8-6-20)50-17-34(38,39)40/h4-11,14-15,18H,12-13,16-17H2,1-3H3,(H2,41,48)(H,42,46). The van der Waals surface area contributed by atoms with Crippen LogP contribution in [0.25, 0.3) is 5.69 Å². The van der Waals surface area contributed by atoms with Gasteiger partial charge >= 0.3 is 11.9 Å². The minimum absolute atomic E-state index is 0.0114. The SMILES string of the molecule is CC(NC(=O)c1c2n(c(=O)n1-c1ccc(OCC(F)(F)F)cc1)CCN(C(=O)c1ccc(Br)c(Cl)c1)C2)c1ccc(OC(C)(C)C(N)=O)cc1F. The van der Waals surface area contributed by atoms with E-state index >= 15 is 4.39 Å². The maximum absolute atomic E-state index is 15.3. The maximum Gasteiger partial charge on any atom is 0.422 e. The molecule has 0 radical (unpaired) electrons. The highest BCUT2D eigenvalue weighted by atomic mass is 79.9. The summed E-state index contributed by atoms with van der Waals surface area (Å²) >= 11 is 9.50. The average Bonchev–Trinajstić information content (AvgIpc) is 3.35. The Morgan fingerprint density at radius 3 is 2.29 bits per heavy atom. The number of nitrogens with one attached hydrogen (secondary N) is 1. The van der Waals surface area contributed by atoms with E-state index in [4.69, 9.17) is 26.8 Å². The van der Waals surface area contributed by atoms with Gasteiger partial charge in [-0.05, 0) is 85.2 Å². The summed E-state index contributed by atoms with van der Waals surface area (Å²) in [6.07, 6.45) is -4.57. The van der Waals surface area contributed by atoms with E-state index in [2.05, 4.69) is 21.2 Å². The number of hydrogen-bond donors (Lipinski definition) is 2. The summed E-state index contributed by atoms with van der Waals surface area (Å²) in [5.41, 5.74) is 3.72. The number of primary amides is 1. The van der Waals surface area contributed by atoms with E-state index < -0.39 is 53.7 Å². The van der Waals surface area contributed by atoms with Crippen LogP contribution in [0.2, 0.25) is 5.02 Å². The van der Waals surface area contributed by atoms with Crippen LogP contribution in [-0.2, 0) is 17.9 Å². The Labute approximate surface area is 302 Å². The summed E-state index contributed by atoms with van der Waals surface area (Å²) < 4.78 is 66.8. The van der Waals surface area contributed by atoms with Crippen LogP contribution in [0.4, 0.5) is 17.6 Å². The monoisotopic (exact) mass is 795 g/mol. The largest absolute Gasteiger partial charge is 0.484 e. The van der Waals surface area contributed by atoms with Gasteiger partial charge in [-0.2, -0.15) is 13.2 Å². The van der Waals surface area contributed by atoms with Gasteiger partial charge in [0.05, 0.1) is 29.0 Å². The Balaban J connectivity index is 1.50. The third-order valence-electron chi connectivity index (χ3n) is 8.10. The van der Waals surface area contributed by atoms with Crippen LogP contribution in [0.3, 0.4) is 0 Å². The number of halogens is 6. The Morgan fingerprint density at radius 1 is 1.02 bits per heavy atom. The minimum atomic E-state index is -4.57. The molecule has 270 valence electrons. The van der Waals surface area contributed by atoms with Crippen LogP contribution in [-0.4, -0.2) is 56.7 Å².